The van der Waals surface area contributed by atoms with Crippen molar-refractivity contribution in [2.45, 2.75) is 51.7 Å². The van der Waals surface area contributed by atoms with Crippen LogP contribution in [0.3, 0.4) is 0 Å². The van der Waals surface area contributed by atoms with Gasteiger partial charge < -0.3 is 0 Å². The van der Waals surface area contributed by atoms with Gasteiger partial charge in [-0.3, -0.25) is 4.90 Å². The van der Waals surface area contributed by atoms with Gasteiger partial charge in [0.15, 0.2) is 0 Å². The molecule has 82 valence electrons. The lowest BCUT2D eigenvalue weighted by Gasteiger charge is -2.33. The van der Waals surface area contributed by atoms with E-state index in [-0.39, 0.29) is 5.54 Å². The van der Waals surface area contributed by atoms with Gasteiger partial charge in [-0.15, -0.1) is 0 Å². The van der Waals surface area contributed by atoms with Crippen LogP contribution in [0.25, 0.3) is 0 Å². The summed E-state index contributed by atoms with van der Waals surface area (Å²) in [5, 5.41) is 0. The van der Waals surface area contributed by atoms with E-state index in [0.717, 1.165) is 18.9 Å². The van der Waals surface area contributed by atoms with Crippen molar-refractivity contribution in [3.05, 3.63) is 0 Å². The van der Waals surface area contributed by atoms with E-state index in [9.17, 15) is 4.39 Å². The fourth-order valence-electron chi connectivity index (χ4n) is 3.66. The summed E-state index contributed by atoms with van der Waals surface area (Å²) in [5.41, 5.74) is 0.229. The van der Waals surface area contributed by atoms with E-state index in [1.807, 2.05) is 0 Å². The van der Waals surface area contributed by atoms with Gasteiger partial charge in [0.2, 0.25) is 0 Å². The smallest absolute Gasteiger partial charge is 0.115 e. The lowest BCUT2D eigenvalue weighted by Crippen LogP contribution is -2.39. The van der Waals surface area contributed by atoms with Gasteiger partial charge in [-0.2, -0.15) is 0 Å². The molecule has 0 aromatic heterocycles. The van der Waals surface area contributed by atoms with Gasteiger partial charge in [-0.25, -0.2) is 4.39 Å². The molecule has 2 heteroatoms. The highest BCUT2D eigenvalue weighted by atomic mass is 19.1. The third-order valence-electron chi connectivity index (χ3n) is 3.74. The van der Waals surface area contributed by atoms with E-state index < -0.39 is 6.17 Å². The summed E-state index contributed by atoms with van der Waals surface area (Å²) < 4.78 is 13.4. The highest BCUT2D eigenvalue weighted by Gasteiger charge is 2.50. The standard InChI is InChI=1S/C12H22FN/c1-9(2)4-12-5-10(3)7-14(12)8-11(13)6-12/h9-11H,4-8H2,1-3H3/t10-,11+,12-/m0/s1. The summed E-state index contributed by atoms with van der Waals surface area (Å²) in [6, 6.07) is 0. The molecule has 0 radical (unpaired) electrons. The fraction of sp³-hybridized carbons (Fsp3) is 1.00. The number of alkyl halides is 1. The maximum atomic E-state index is 13.4. The topological polar surface area (TPSA) is 3.24 Å². The van der Waals surface area contributed by atoms with Crippen molar-refractivity contribution in [2.75, 3.05) is 13.1 Å². The zero-order chi connectivity index (χ0) is 10.3. The lowest BCUT2D eigenvalue weighted by molar-refractivity contribution is 0.163. The average molecular weight is 199 g/mol. The van der Waals surface area contributed by atoms with Crippen molar-refractivity contribution in [1.82, 2.24) is 4.90 Å². The monoisotopic (exact) mass is 199 g/mol. The van der Waals surface area contributed by atoms with Crippen LogP contribution in [0, 0.1) is 11.8 Å². The summed E-state index contributed by atoms with van der Waals surface area (Å²) in [6.07, 6.45) is 2.61. The van der Waals surface area contributed by atoms with Gasteiger partial charge in [-0.05, 0) is 31.1 Å². The molecule has 2 heterocycles. The summed E-state index contributed by atoms with van der Waals surface area (Å²) in [4.78, 5) is 2.42. The Morgan fingerprint density at radius 3 is 2.71 bits per heavy atom. The molecule has 2 aliphatic heterocycles. The van der Waals surface area contributed by atoms with Crippen LogP contribution >= 0.6 is 0 Å². The van der Waals surface area contributed by atoms with Gasteiger partial charge in [0.1, 0.15) is 6.17 Å². The highest BCUT2D eigenvalue weighted by Crippen LogP contribution is 2.45. The van der Waals surface area contributed by atoms with E-state index in [0.29, 0.717) is 12.5 Å². The zero-order valence-corrected chi connectivity index (χ0v) is 9.59. The van der Waals surface area contributed by atoms with Crippen molar-refractivity contribution in [2.24, 2.45) is 11.8 Å². The van der Waals surface area contributed by atoms with Crippen molar-refractivity contribution in [3.63, 3.8) is 0 Å². The molecule has 1 nitrogen and oxygen atoms in total. The first-order chi connectivity index (χ1) is 6.52. The second-order valence-corrected chi connectivity index (χ2v) is 5.84. The molecule has 0 aromatic rings. The average Bonchev–Trinajstić information content (AvgIpc) is 2.36. The summed E-state index contributed by atoms with van der Waals surface area (Å²) in [6.45, 7) is 8.61. The molecule has 14 heavy (non-hydrogen) atoms. The molecule has 0 unspecified atom stereocenters. The van der Waals surface area contributed by atoms with Crippen molar-refractivity contribution >= 4 is 0 Å². The Kier molecular flexibility index (Phi) is 2.59. The number of nitrogens with zero attached hydrogens (tertiary/aromatic N) is 1. The maximum Gasteiger partial charge on any atom is 0.115 e. The Balaban J connectivity index is 2.12. The molecule has 2 fully saturated rings. The minimum atomic E-state index is -0.568. The Morgan fingerprint density at radius 1 is 1.36 bits per heavy atom. The Bertz CT molecular complexity index is 200. The van der Waals surface area contributed by atoms with E-state index in [4.69, 9.17) is 0 Å². The van der Waals surface area contributed by atoms with Crippen LogP contribution in [-0.4, -0.2) is 29.7 Å². The minimum absolute atomic E-state index is 0.229. The van der Waals surface area contributed by atoms with Crippen molar-refractivity contribution < 1.29 is 4.39 Å². The van der Waals surface area contributed by atoms with Gasteiger partial charge in [-0.1, -0.05) is 20.8 Å². The normalized spacial score (nSPS) is 43.5. The quantitative estimate of drug-likeness (QED) is 0.661. The van der Waals surface area contributed by atoms with E-state index in [2.05, 4.69) is 25.7 Å². The zero-order valence-electron chi connectivity index (χ0n) is 9.59. The van der Waals surface area contributed by atoms with Crippen LogP contribution in [0.5, 0.6) is 0 Å². The Morgan fingerprint density at radius 2 is 2.07 bits per heavy atom. The fourth-order valence-corrected chi connectivity index (χ4v) is 3.66. The van der Waals surface area contributed by atoms with Crippen LogP contribution in [0.1, 0.15) is 40.0 Å². The maximum absolute atomic E-state index is 13.4. The summed E-state index contributed by atoms with van der Waals surface area (Å²) >= 11 is 0. The highest BCUT2D eigenvalue weighted by molar-refractivity contribution is 5.05. The molecule has 0 saturated carbocycles. The Hall–Kier alpha value is -0.110. The molecule has 3 atom stereocenters. The molecule has 0 aliphatic carbocycles. The summed E-state index contributed by atoms with van der Waals surface area (Å²) in [7, 11) is 0. The number of fused-ring (bicyclic) bond motifs is 1. The third-order valence-corrected chi connectivity index (χ3v) is 3.74. The van der Waals surface area contributed by atoms with Crippen LogP contribution in [0.4, 0.5) is 4.39 Å². The SMILES string of the molecule is CC(C)C[C@@]12C[C@H](C)CN1C[C@H](F)C2. The van der Waals surface area contributed by atoms with Crippen molar-refractivity contribution in [3.8, 4) is 0 Å². The number of rotatable bonds is 2. The molecule has 0 amide bonds. The summed E-state index contributed by atoms with van der Waals surface area (Å²) in [5.74, 6) is 1.45. The van der Waals surface area contributed by atoms with Crippen LogP contribution in [0.2, 0.25) is 0 Å². The molecular weight excluding hydrogens is 177 g/mol. The molecule has 0 bridgehead atoms. The Labute approximate surface area is 86.7 Å². The molecule has 0 spiro atoms. The minimum Gasteiger partial charge on any atom is -0.294 e. The lowest BCUT2D eigenvalue weighted by atomic mass is 9.83. The van der Waals surface area contributed by atoms with Crippen LogP contribution < -0.4 is 0 Å². The molecule has 0 aromatic carbocycles. The van der Waals surface area contributed by atoms with E-state index >= 15 is 0 Å². The molecule has 0 N–H and O–H groups in total. The number of hydrogen-bond acceptors (Lipinski definition) is 1. The second kappa shape index (κ2) is 3.48. The third kappa shape index (κ3) is 1.69. The first-order valence-corrected chi connectivity index (χ1v) is 5.91. The van der Waals surface area contributed by atoms with Gasteiger partial charge in [0.25, 0.3) is 0 Å². The van der Waals surface area contributed by atoms with Gasteiger partial charge in [0.05, 0.1) is 0 Å². The molecule has 2 rings (SSSR count). The second-order valence-electron chi connectivity index (χ2n) is 5.84. The molecule has 2 saturated heterocycles. The van der Waals surface area contributed by atoms with Gasteiger partial charge >= 0.3 is 0 Å². The van der Waals surface area contributed by atoms with E-state index in [1.165, 1.54) is 12.8 Å². The number of halogens is 1. The van der Waals surface area contributed by atoms with E-state index in [1.54, 1.807) is 0 Å². The van der Waals surface area contributed by atoms with Crippen LogP contribution in [-0.2, 0) is 0 Å². The first kappa shape index (κ1) is 10.4. The molecular formula is C12H22FN. The largest absolute Gasteiger partial charge is 0.294 e. The van der Waals surface area contributed by atoms with Crippen LogP contribution in [0.15, 0.2) is 0 Å². The van der Waals surface area contributed by atoms with Crippen molar-refractivity contribution in [1.29, 1.82) is 0 Å². The predicted octanol–water partition coefficient (Wildman–Crippen LogP) is 2.85. The van der Waals surface area contributed by atoms with Gasteiger partial charge in [0, 0.05) is 18.6 Å². The first-order valence-electron chi connectivity index (χ1n) is 5.91. The molecule has 2 aliphatic rings. The number of hydrogen-bond donors (Lipinski definition) is 0. The predicted molar refractivity (Wildman–Crippen MR) is 57.1 cm³/mol.